The molecule has 1 aromatic rings. The summed E-state index contributed by atoms with van der Waals surface area (Å²) in [4.78, 5) is 13.7. The molecule has 1 nitrogen and oxygen atoms in total. The highest BCUT2D eigenvalue weighted by molar-refractivity contribution is 9.10. The number of rotatable bonds is 4. The molecule has 4 saturated carbocycles. The molecule has 0 radical (unpaired) electrons. The molecular weight excluding hydrogens is 332 g/mol. The fourth-order valence-corrected chi connectivity index (χ4v) is 7.11. The Labute approximate surface area is 133 Å². The second-order valence-corrected chi connectivity index (χ2v) is 9.45. The van der Waals surface area contributed by atoms with Gasteiger partial charge in [-0.05, 0) is 83.7 Å². The number of hydrogen-bond donors (Lipinski definition) is 0. The molecule has 3 heteroatoms. The topological polar surface area (TPSA) is 17.1 Å². The molecule has 4 aliphatic carbocycles. The summed E-state index contributed by atoms with van der Waals surface area (Å²) in [6.07, 6.45) is 9.93. The van der Waals surface area contributed by atoms with E-state index in [1.54, 1.807) is 11.3 Å². The minimum atomic E-state index is 0.403. The summed E-state index contributed by atoms with van der Waals surface area (Å²) >= 11 is 5.18. The van der Waals surface area contributed by atoms with Crippen LogP contribution >= 0.6 is 27.3 Å². The predicted molar refractivity (Wildman–Crippen MR) is 86.0 cm³/mol. The van der Waals surface area contributed by atoms with Crippen LogP contribution in [0.5, 0.6) is 0 Å². The Morgan fingerprint density at radius 2 is 1.80 bits per heavy atom. The van der Waals surface area contributed by atoms with E-state index in [1.807, 2.05) is 0 Å². The summed E-state index contributed by atoms with van der Waals surface area (Å²) in [6.45, 7) is 0. The van der Waals surface area contributed by atoms with E-state index in [1.165, 1.54) is 43.4 Å². The highest BCUT2D eigenvalue weighted by Crippen LogP contribution is 2.61. The molecule has 0 N–H and O–H groups in total. The Kier molecular flexibility index (Phi) is 3.34. The number of thiophene rings is 1. The third-order valence-corrected chi connectivity index (χ3v) is 7.43. The van der Waals surface area contributed by atoms with E-state index in [0.717, 1.165) is 28.6 Å². The van der Waals surface area contributed by atoms with Crippen molar-refractivity contribution in [3.63, 3.8) is 0 Å². The zero-order valence-electron chi connectivity index (χ0n) is 11.7. The zero-order chi connectivity index (χ0) is 13.7. The first kappa shape index (κ1) is 13.5. The Hall–Kier alpha value is -0.150. The number of carbonyl (C=O) groups is 1. The summed E-state index contributed by atoms with van der Waals surface area (Å²) in [6, 6.07) is 2.10. The molecule has 0 spiro atoms. The van der Waals surface area contributed by atoms with E-state index < -0.39 is 0 Å². The van der Waals surface area contributed by atoms with Crippen LogP contribution in [-0.4, -0.2) is 5.78 Å². The Morgan fingerprint density at radius 3 is 2.30 bits per heavy atom. The van der Waals surface area contributed by atoms with Crippen molar-refractivity contribution in [1.29, 1.82) is 0 Å². The number of carbonyl (C=O) groups excluding carboxylic acids is 1. The lowest BCUT2D eigenvalue weighted by Gasteiger charge is -2.56. The van der Waals surface area contributed by atoms with Gasteiger partial charge in [0.25, 0.3) is 0 Å². The van der Waals surface area contributed by atoms with Gasteiger partial charge in [0.05, 0.1) is 0 Å². The highest BCUT2D eigenvalue weighted by Gasteiger charge is 2.51. The molecule has 0 atom stereocenters. The summed E-state index contributed by atoms with van der Waals surface area (Å²) in [7, 11) is 0. The van der Waals surface area contributed by atoms with E-state index >= 15 is 0 Å². The lowest BCUT2D eigenvalue weighted by molar-refractivity contribution is -0.126. The van der Waals surface area contributed by atoms with Crippen LogP contribution in [0.3, 0.4) is 0 Å². The van der Waals surface area contributed by atoms with E-state index in [0.29, 0.717) is 17.6 Å². The molecule has 0 unspecified atom stereocenters. The van der Waals surface area contributed by atoms with Gasteiger partial charge in [-0.1, -0.05) is 0 Å². The Balaban J connectivity index is 1.44. The maximum absolute atomic E-state index is 12.5. The molecule has 5 rings (SSSR count). The lowest BCUT2D eigenvalue weighted by atomic mass is 9.48. The number of Topliss-reactive ketones (excluding diaryl/α,β-unsaturated/α-hetero) is 1. The summed E-state index contributed by atoms with van der Waals surface area (Å²) in [5.41, 5.74) is 0.403. The van der Waals surface area contributed by atoms with Gasteiger partial charge < -0.3 is 0 Å². The Bertz CT molecular complexity index is 498. The van der Waals surface area contributed by atoms with Crippen LogP contribution < -0.4 is 0 Å². The monoisotopic (exact) mass is 352 g/mol. The van der Waals surface area contributed by atoms with Gasteiger partial charge in [0.1, 0.15) is 5.78 Å². The largest absolute Gasteiger partial charge is 0.299 e. The average molecular weight is 353 g/mol. The summed E-state index contributed by atoms with van der Waals surface area (Å²) in [5, 5.41) is 2.08. The first-order chi connectivity index (χ1) is 9.60. The van der Waals surface area contributed by atoms with E-state index in [2.05, 4.69) is 27.4 Å². The van der Waals surface area contributed by atoms with E-state index in [-0.39, 0.29) is 0 Å². The van der Waals surface area contributed by atoms with Crippen LogP contribution in [0.2, 0.25) is 0 Å². The van der Waals surface area contributed by atoms with Crippen molar-refractivity contribution >= 4 is 33.0 Å². The smallest absolute Gasteiger partial charge is 0.138 e. The first-order valence-corrected chi connectivity index (χ1v) is 9.52. The van der Waals surface area contributed by atoms with Gasteiger partial charge in [-0.15, -0.1) is 11.3 Å². The van der Waals surface area contributed by atoms with Gasteiger partial charge in [0.2, 0.25) is 0 Å². The third kappa shape index (κ3) is 2.52. The fourth-order valence-electron chi connectivity index (χ4n) is 5.63. The molecule has 20 heavy (non-hydrogen) atoms. The van der Waals surface area contributed by atoms with Crippen LogP contribution in [0.4, 0.5) is 0 Å². The maximum Gasteiger partial charge on any atom is 0.138 e. The lowest BCUT2D eigenvalue weighted by Crippen LogP contribution is -2.47. The normalized spacial score (nSPS) is 38.4. The molecule has 0 saturated heterocycles. The number of ketones is 1. The van der Waals surface area contributed by atoms with Crippen molar-refractivity contribution in [2.75, 3.05) is 0 Å². The molecule has 1 aromatic heterocycles. The first-order valence-electron chi connectivity index (χ1n) is 7.85. The van der Waals surface area contributed by atoms with Crippen molar-refractivity contribution in [3.8, 4) is 0 Å². The maximum atomic E-state index is 12.5. The number of hydrogen-bond acceptors (Lipinski definition) is 2. The van der Waals surface area contributed by atoms with E-state index in [4.69, 9.17) is 0 Å². The van der Waals surface area contributed by atoms with Crippen LogP contribution in [0.15, 0.2) is 15.9 Å². The quantitative estimate of drug-likeness (QED) is 0.724. The predicted octanol–water partition coefficient (Wildman–Crippen LogP) is 5.23. The molecule has 4 fully saturated rings. The molecule has 1 heterocycles. The van der Waals surface area contributed by atoms with Crippen molar-refractivity contribution in [2.45, 2.75) is 51.4 Å². The zero-order valence-corrected chi connectivity index (χ0v) is 14.1. The second kappa shape index (κ2) is 4.95. The van der Waals surface area contributed by atoms with Crippen LogP contribution in [-0.2, 0) is 11.2 Å². The minimum absolute atomic E-state index is 0.403. The minimum Gasteiger partial charge on any atom is -0.299 e. The molecular formula is C17H21BrOS. The van der Waals surface area contributed by atoms with Crippen LogP contribution in [0.25, 0.3) is 0 Å². The standard InChI is InChI=1S/C17H21BrOS/c18-14-4-16(20-10-14)5-15(19)9-17-6-11-1-12(7-17)3-13(2-11)8-17/h4,10-13H,1-3,5-9H2. The summed E-state index contributed by atoms with van der Waals surface area (Å²) in [5.74, 6) is 3.32. The van der Waals surface area contributed by atoms with Gasteiger partial charge in [0.15, 0.2) is 0 Å². The Morgan fingerprint density at radius 1 is 1.20 bits per heavy atom. The third-order valence-electron chi connectivity index (χ3n) is 5.73. The van der Waals surface area contributed by atoms with Gasteiger partial charge in [-0.3, -0.25) is 4.79 Å². The number of halogens is 1. The van der Waals surface area contributed by atoms with Crippen molar-refractivity contribution < 1.29 is 4.79 Å². The van der Waals surface area contributed by atoms with E-state index in [9.17, 15) is 4.79 Å². The van der Waals surface area contributed by atoms with Gasteiger partial charge in [0, 0.05) is 27.6 Å². The molecule has 4 aliphatic rings. The summed E-state index contributed by atoms with van der Waals surface area (Å²) < 4.78 is 1.11. The van der Waals surface area contributed by atoms with Gasteiger partial charge in [-0.2, -0.15) is 0 Å². The van der Waals surface area contributed by atoms with Crippen molar-refractivity contribution in [3.05, 3.63) is 20.8 Å². The van der Waals surface area contributed by atoms with Gasteiger partial charge in [-0.25, -0.2) is 0 Å². The second-order valence-electron chi connectivity index (χ2n) is 7.54. The molecule has 0 amide bonds. The SMILES string of the molecule is O=C(Cc1cc(Br)cs1)CC12CC3CC(CC(C3)C1)C2. The van der Waals surface area contributed by atoms with Crippen LogP contribution in [0.1, 0.15) is 49.8 Å². The molecule has 4 bridgehead atoms. The molecule has 0 aromatic carbocycles. The highest BCUT2D eigenvalue weighted by atomic mass is 79.9. The molecule has 0 aliphatic heterocycles. The van der Waals surface area contributed by atoms with Gasteiger partial charge >= 0.3 is 0 Å². The van der Waals surface area contributed by atoms with Crippen LogP contribution in [0, 0.1) is 23.2 Å². The van der Waals surface area contributed by atoms with Crippen molar-refractivity contribution in [2.24, 2.45) is 23.2 Å². The average Bonchev–Trinajstić information content (AvgIpc) is 2.71. The fraction of sp³-hybridized carbons (Fsp3) is 0.706. The van der Waals surface area contributed by atoms with Crippen molar-refractivity contribution in [1.82, 2.24) is 0 Å². The molecule has 108 valence electrons.